The van der Waals surface area contributed by atoms with Crippen LogP contribution in [0.2, 0.25) is 0 Å². The third-order valence-electron chi connectivity index (χ3n) is 4.43. The van der Waals surface area contributed by atoms with Crippen LogP contribution in [0.3, 0.4) is 0 Å². The van der Waals surface area contributed by atoms with Crippen molar-refractivity contribution in [3.8, 4) is 11.5 Å². The van der Waals surface area contributed by atoms with Crippen LogP contribution in [0, 0.1) is 5.82 Å². The standard InChI is InChI=1S/C19H22FNO2/c1-22-18-11-15-8-10-21(13-16(15)12-19(18)23-2)9-7-14-3-5-17(20)6-4-14/h3-6,11-12H,7-10,13H2,1-2H3. The highest BCUT2D eigenvalue weighted by atomic mass is 19.1. The Morgan fingerprint density at radius 1 is 1.00 bits per heavy atom. The van der Waals surface area contributed by atoms with Gasteiger partial charge in [-0.25, -0.2) is 4.39 Å². The Labute approximate surface area is 136 Å². The summed E-state index contributed by atoms with van der Waals surface area (Å²) >= 11 is 0. The molecule has 2 aromatic rings. The highest BCUT2D eigenvalue weighted by molar-refractivity contribution is 5.48. The van der Waals surface area contributed by atoms with Gasteiger partial charge in [0.1, 0.15) is 5.82 Å². The van der Waals surface area contributed by atoms with Gasteiger partial charge in [0.05, 0.1) is 14.2 Å². The minimum Gasteiger partial charge on any atom is -0.493 e. The van der Waals surface area contributed by atoms with E-state index < -0.39 is 0 Å². The predicted octanol–water partition coefficient (Wildman–Crippen LogP) is 3.44. The lowest BCUT2D eigenvalue weighted by molar-refractivity contribution is 0.255. The van der Waals surface area contributed by atoms with Crippen LogP contribution in [0.5, 0.6) is 11.5 Å². The minimum absolute atomic E-state index is 0.179. The van der Waals surface area contributed by atoms with Gasteiger partial charge in [-0.2, -0.15) is 0 Å². The lowest BCUT2D eigenvalue weighted by atomic mass is 9.98. The molecule has 0 saturated carbocycles. The van der Waals surface area contributed by atoms with Gasteiger partial charge in [0.25, 0.3) is 0 Å². The molecule has 3 nitrogen and oxygen atoms in total. The molecule has 0 amide bonds. The van der Waals surface area contributed by atoms with Crippen molar-refractivity contribution in [1.82, 2.24) is 4.90 Å². The maximum Gasteiger partial charge on any atom is 0.161 e. The molecule has 2 aromatic carbocycles. The Morgan fingerprint density at radius 3 is 2.30 bits per heavy atom. The third kappa shape index (κ3) is 3.64. The molecule has 0 atom stereocenters. The van der Waals surface area contributed by atoms with E-state index in [1.165, 1.54) is 28.8 Å². The maximum atomic E-state index is 12.9. The predicted molar refractivity (Wildman–Crippen MR) is 88.6 cm³/mol. The van der Waals surface area contributed by atoms with Crippen molar-refractivity contribution < 1.29 is 13.9 Å². The average Bonchev–Trinajstić information content (AvgIpc) is 2.59. The van der Waals surface area contributed by atoms with E-state index in [9.17, 15) is 4.39 Å². The molecule has 0 N–H and O–H groups in total. The van der Waals surface area contributed by atoms with Crippen molar-refractivity contribution in [3.63, 3.8) is 0 Å². The van der Waals surface area contributed by atoms with Crippen molar-refractivity contribution in [2.24, 2.45) is 0 Å². The molecule has 0 saturated heterocycles. The third-order valence-corrected chi connectivity index (χ3v) is 4.43. The molecule has 3 rings (SSSR count). The fourth-order valence-corrected chi connectivity index (χ4v) is 3.07. The smallest absolute Gasteiger partial charge is 0.161 e. The number of halogens is 1. The SMILES string of the molecule is COc1cc2c(cc1OC)CN(CCc1ccc(F)cc1)CC2. The summed E-state index contributed by atoms with van der Waals surface area (Å²) in [7, 11) is 3.33. The van der Waals surface area contributed by atoms with Crippen LogP contribution < -0.4 is 9.47 Å². The molecule has 0 unspecified atom stereocenters. The summed E-state index contributed by atoms with van der Waals surface area (Å²) in [6.45, 7) is 2.92. The first-order valence-electron chi connectivity index (χ1n) is 7.90. The van der Waals surface area contributed by atoms with Gasteiger partial charge < -0.3 is 9.47 Å². The van der Waals surface area contributed by atoms with E-state index in [-0.39, 0.29) is 5.82 Å². The first kappa shape index (κ1) is 15.8. The van der Waals surface area contributed by atoms with Crippen LogP contribution in [0.15, 0.2) is 36.4 Å². The Morgan fingerprint density at radius 2 is 1.65 bits per heavy atom. The number of hydrogen-bond acceptors (Lipinski definition) is 3. The summed E-state index contributed by atoms with van der Waals surface area (Å²) in [6, 6.07) is 10.9. The van der Waals surface area contributed by atoms with Gasteiger partial charge in [0.15, 0.2) is 11.5 Å². The zero-order valence-corrected chi connectivity index (χ0v) is 13.6. The van der Waals surface area contributed by atoms with E-state index in [4.69, 9.17) is 9.47 Å². The number of hydrogen-bond donors (Lipinski definition) is 0. The second-order valence-corrected chi connectivity index (χ2v) is 5.88. The summed E-state index contributed by atoms with van der Waals surface area (Å²) in [5.41, 5.74) is 3.80. The van der Waals surface area contributed by atoms with Gasteiger partial charge >= 0.3 is 0 Å². The molecule has 23 heavy (non-hydrogen) atoms. The van der Waals surface area contributed by atoms with Crippen LogP contribution in [0.1, 0.15) is 16.7 Å². The van der Waals surface area contributed by atoms with Crippen molar-refractivity contribution in [1.29, 1.82) is 0 Å². The van der Waals surface area contributed by atoms with Crippen LogP contribution in [0.4, 0.5) is 4.39 Å². The van der Waals surface area contributed by atoms with E-state index in [1.807, 2.05) is 12.1 Å². The van der Waals surface area contributed by atoms with E-state index in [1.54, 1.807) is 14.2 Å². The van der Waals surface area contributed by atoms with Crippen molar-refractivity contribution in [2.45, 2.75) is 19.4 Å². The summed E-state index contributed by atoms with van der Waals surface area (Å²) < 4.78 is 23.7. The Bertz CT molecular complexity index is 670. The summed E-state index contributed by atoms with van der Waals surface area (Å²) in [5.74, 6) is 1.40. The van der Waals surface area contributed by atoms with Crippen LogP contribution in [0.25, 0.3) is 0 Å². The van der Waals surface area contributed by atoms with Crippen molar-refractivity contribution >= 4 is 0 Å². The number of rotatable bonds is 5. The van der Waals surface area contributed by atoms with Crippen molar-refractivity contribution in [2.75, 3.05) is 27.3 Å². The fourth-order valence-electron chi connectivity index (χ4n) is 3.07. The Balaban J connectivity index is 1.66. The molecular weight excluding hydrogens is 293 g/mol. The highest BCUT2D eigenvalue weighted by Gasteiger charge is 2.19. The first-order chi connectivity index (χ1) is 11.2. The van der Waals surface area contributed by atoms with Crippen LogP contribution >= 0.6 is 0 Å². The molecule has 0 aliphatic carbocycles. The highest BCUT2D eigenvalue weighted by Crippen LogP contribution is 2.33. The van der Waals surface area contributed by atoms with E-state index in [2.05, 4.69) is 17.0 Å². The molecule has 1 aliphatic heterocycles. The first-order valence-corrected chi connectivity index (χ1v) is 7.90. The number of ether oxygens (including phenoxy) is 2. The maximum absolute atomic E-state index is 12.9. The van der Waals surface area contributed by atoms with E-state index >= 15 is 0 Å². The number of nitrogens with zero attached hydrogens (tertiary/aromatic N) is 1. The van der Waals surface area contributed by atoms with Gasteiger partial charge in [0, 0.05) is 19.6 Å². The molecule has 1 heterocycles. The minimum atomic E-state index is -0.179. The zero-order chi connectivity index (χ0) is 16.2. The van der Waals surface area contributed by atoms with Crippen LogP contribution in [-0.2, 0) is 19.4 Å². The number of fused-ring (bicyclic) bond motifs is 1. The molecular formula is C19H22FNO2. The molecule has 0 bridgehead atoms. The van der Waals surface area contributed by atoms with Crippen molar-refractivity contribution in [3.05, 3.63) is 58.9 Å². The summed E-state index contributed by atoms with van der Waals surface area (Å²) in [6.07, 6.45) is 1.95. The average molecular weight is 315 g/mol. The van der Waals surface area contributed by atoms with Crippen LogP contribution in [-0.4, -0.2) is 32.2 Å². The lowest BCUT2D eigenvalue weighted by Crippen LogP contribution is -2.32. The molecule has 1 aliphatic rings. The van der Waals surface area contributed by atoms with Gasteiger partial charge in [-0.1, -0.05) is 12.1 Å². The molecule has 0 spiro atoms. The number of benzene rings is 2. The van der Waals surface area contributed by atoms with E-state index in [0.29, 0.717) is 0 Å². The molecule has 4 heteroatoms. The largest absolute Gasteiger partial charge is 0.493 e. The zero-order valence-electron chi connectivity index (χ0n) is 13.6. The molecule has 0 aromatic heterocycles. The van der Waals surface area contributed by atoms with Gasteiger partial charge in [0.2, 0.25) is 0 Å². The van der Waals surface area contributed by atoms with Gasteiger partial charge in [-0.15, -0.1) is 0 Å². The van der Waals surface area contributed by atoms with Gasteiger partial charge in [-0.05, 0) is 53.8 Å². The Hall–Kier alpha value is -2.07. The van der Waals surface area contributed by atoms with E-state index in [0.717, 1.165) is 44.0 Å². The summed E-state index contributed by atoms with van der Waals surface area (Å²) in [4.78, 5) is 2.43. The summed E-state index contributed by atoms with van der Waals surface area (Å²) in [5, 5.41) is 0. The second kappa shape index (κ2) is 7.01. The monoisotopic (exact) mass is 315 g/mol. The fraction of sp³-hybridized carbons (Fsp3) is 0.368. The molecule has 0 fully saturated rings. The quantitative estimate of drug-likeness (QED) is 0.843. The Kier molecular flexibility index (Phi) is 4.82. The molecule has 122 valence electrons. The normalized spacial score (nSPS) is 14.4. The van der Waals surface area contributed by atoms with Gasteiger partial charge in [-0.3, -0.25) is 4.90 Å². The topological polar surface area (TPSA) is 21.7 Å². The number of methoxy groups -OCH3 is 2. The lowest BCUT2D eigenvalue weighted by Gasteiger charge is -2.29. The molecule has 0 radical (unpaired) electrons. The second-order valence-electron chi connectivity index (χ2n) is 5.88.